The highest BCUT2D eigenvalue weighted by Crippen LogP contribution is 2.32. The summed E-state index contributed by atoms with van der Waals surface area (Å²) < 4.78 is 0. The van der Waals surface area contributed by atoms with Gasteiger partial charge in [-0.3, -0.25) is 4.99 Å². The molecule has 0 saturated carbocycles. The Kier molecular flexibility index (Phi) is 2.46. The molecule has 2 aromatic carbocycles. The highest BCUT2D eigenvalue weighted by Gasteiger charge is 2.19. The molecule has 0 radical (unpaired) electrons. The van der Waals surface area contributed by atoms with Crippen LogP contribution in [0, 0.1) is 6.92 Å². The van der Waals surface area contributed by atoms with Gasteiger partial charge in [0.2, 0.25) is 0 Å². The summed E-state index contributed by atoms with van der Waals surface area (Å²) in [7, 11) is 0. The van der Waals surface area contributed by atoms with E-state index in [0.29, 0.717) is 0 Å². The number of aliphatic imine (C=N–C) groups is 1. The van der Waals surface area contributed by atoms with Gasteiger partial charge in [0.1, 0.15) is 0 Å². The minimum absolute atomic E-state index is 0.968. The summed E-state index contributed by atoms with van der Waals surface area (Å²) in [4.78, 5) is 4.64. The fourth-order valence-electron chi connectivity index (χ4n) is 3.15. The van der Waals surface area contributed by atoms with E-state index < -0.39 is 0 Å². The van der Waals surface area contributed by atoms with Crippen LogP contribution in [0.1, 0.15) is 16.7 Å². The van der Waals surface area contributed by atoms with Crippen molar-refractivity contribution in [1.29, 1.82) is 0 Å². The first-order valence-electron chi connectivity index (χ1n) is 6.98. The van der Waals surface area contributed by atoms with Gasteiger partial charge in [-0.05, 0) is 46.5 Å². The molecule has 0 atom stereocenters. The lowest BCUT2D eigenvalue weighted by molar-refractivity contribution is 1.15. The van der Waals surface area contributed by atoms with Crippen molar-refractivity contribution in [2.45, 2.75) is 13.3 Å². The molecule has 0 fully saturated rings. The second-order valence-electron chi connectivity index (χ2n) is 5.31. The SMILES string of the molecule is Cc1cccc2c1C1=c3ccccc3=CC=NC1=CC2. The van der Waals surface area contributed by atoms with Crippen molar-refractivity contribution in [2.24, 2.45) is 4.99 Å². The molecule has 0 unspecified atom stereocenters. The molecule has 1 nitrogen and oxygen atoms in total. The van der Waals surface area contributed by atoms with E-state index in [1.54, 1.807) is 0 Å². The first kappa shape index (κ1) is 11.4. The fraction of sp³-hybridized carbons (Fsp3) is 0.105. The number of aryl methyl sites for hydroxylation is 1. The zero-order valence-electron chi connectivity index (χ0n) is 11.4. The molecule has 0 saturated heterocycles. The number of hydrogen-bond acceptors (Lipinski definition) is 1. The molecule has 0 aromatic heterocycles. The van der Waals surface area contributed by atoms with Gasteiger partial charge in [0.05, 0.1) is 5.70 Å². The molecule has 0 bridgehead atoms. The van der Waals surface area contributed by atoms with Crippen LogP contribution in [0.15, 0.2) is 59.2 Å². The summed E-state index contributed by atoms with van der Waals surface area (Å²) in [5.41, 5.74) is 6.48. The third kappa shape index (κ3) is 1.60. The largest absolute Gasteiger partial charge is 0.257 e. The quantitative estimate of drug-likeness (QED) is 0.687. The van der Waals surface area contributed by atoms with Gasteiger partial charge < -0.3 is 0 Å². The van der Waals surface area contributed by atoms with Gasteiger partial charge in [-0.25, -0.2) is 0 Å². The third-order valence-electron chi connectivity index (χ3n) is 4.08. The topological polar surface area (TPSA) is 12.4 Å². The van der Waals surface area contributed by atoms with Crippen molar-refractivity contribution >= 4 is 17.9 Å². The lowest BCUT2D eigenvalue weighted by atomic mass is 9.86. The van der Waals surface area contributed by atoms with E-state index in [2.05, 4.69) is 66.5 Å². The molecule has 2 aliphatic rings. The molecular weight excluding hydrogens is 242 g/mol. The monoisotopic (exact) mass is 257 g/mol. The number of fused-ring (bicyclic) bond motifs is 4. The van der Waals surface area contributed by atoms with E-state index in [9.17, 15) is 0 Å². The van der Waals surface area contributed by atoms with Crippen molar-refractivity contribution in [3.8, 4) is 0 Å². The first-order valence-corrected chi connectivity index (χ1v) is 6.98. The van der Waals surface area contributed by atoms with Crippen molar-refractivity contribution in [1.82, 2.24) is 0 Å². The summed E-state index contributed by atoms with van der Waals surface area (Å²) in [5.74, 6) is 0. The van der Waals surface area contributed by atoms with Crippen LogP contribution >= 0.6 is 0 Å². The number of rotatable bonds is 0. The normalized spacial score (nSPS) is 15.4. The maximum Gasteiger partial charge on any atom is 0.0677 e. The Bertz CT molecular complexity index is 882. The fourth-order valence-corrected chi connectivity index (χ4v) is 3.15. The van der Waals surface area contributed by atoms with Crippen LogP contribution in [0.5, 0.6) is 0 Å². The molecular formula is C19H15N. The van der Waals surface area contributed by atoms with Gasteiger partial charge in [-0.15, -0.1) is 0 Å². The molecule has 0 N–H and O–H groups in total. The number of allylic oxidation sites excluding steroid dienone is 2. The molecule has 2 aromatic rings. The van der Waals surface area contributed by atoms with E-state index >= 15 is 0 Å². The molecule has 1 aliphatic heterocycles. The van der Waals surface area contributed by atoms with Crippen molar-refractivity contribution in [2.75, 3.05) is 0 Å². The smallest absolute Gasteiger partial charge is 0.0677 e. The lowest BCUT2D eigenvalue weighted by Crippen LogP contribution is -2.28. The summed E-state index contributed by atoms with van der Waals surface area (Å²) >= 11 is 0. The van der Waals surface area contributed by atoms with Gasteiger partial charge in [-0.1, -0.05) is 48.5 Å². The van der Waals surface area contributed by atoms with Crippen molar-refractivity contribution in [3.63, 3.8) is 0 Å². The summed E-state index contributed by atoms with van der Waals surface area (Å²) in [6, 6.07) is 15.1. The second-order valence-corrected chi connectivity index (χ2v) is 5.31. The standard InChI is InChI=1S/C19H15N/c1-13-5-4-7-15-9-10-17-19(18(13)15)16-8-3-2-6-14(16)11-12-20-17/h2-8,10-12H,9H2,1H3. The lowest BCUT2D eigenvalue weighted by Gasteiger charge is -2.20. The minimum Gasteiger partial charge on any atom is -0.257 e. The van der Waals surface area contributed by atoms with E-state index in [0.717, 1.165) is 12.1 Å². The zero-order chi connectivity index (χ0) is 13.5. The van der Waals surface area contributed by atoms with Crippen LogP contribution in [-0.2, 0) is 6.42 Å². The highest BCUT2D eigenvalue weighted by molar-refractivity contribution is 5.96. The third-order valence-corrected chi connectivity index (χ3v) is 4.08. The van der Waals surface area contributed by atoms with Crippen LogP contribution in [0.3, 0.4) is 0 Å². The molecule has 20 heavy (non-hydrogen) atoms. The Balaban J connectivity index is 2.23. The van der Waals surface area contributed by atoms with E-state index in [-0.39, 0.29) is 0 Å². The van der Waals surface area contributed by atoms with Crippen LogP contribution in [0.25, 0.3) is 11.6 Å². The van der Waals surface area contributed by atoms with Crippen LogP contribution in [-0.4, -0.2) is 6.21 Å². The molecule has 0 amide bonds. The molecule has 1 aliphatic carbocycles. The average Bonchev–Trinajstić information content (AvgIpc) is 2.66. The minimum atomic E-state index is 0.968. The van der Waals surface area contributed by atoms with Crippen LogP contribution < -0.4 is 10.4 Å². The predicted octanol–water partition coefficient (Wildman–Crippen LogP) is 2.50. The second kappa shape index (κ2) is 4.31. The first-order chi connectivity index (χ1) is 9.84. The van der Waals surface area contributed by atoms with Crippen molar-refractivity contribution < 1.29 is 0 Å². The van der Waals surface area contributed by atoms with E-state index in [1.165, 1.54) is 32.7 Å². The Morgan fingerprint density at radius 1 is 1.00 bits per heavy atom. The number of benzene rings is 2. The molecule has 96 valence electrons. The number of hydrogen-bond donors (Lipinski definition) is 0. The van der Waals surface area contributed by atoms with Crippen LogP contribution in [0.2, 0.25) is 0 Å². The van der Waals surface area contributed by atoms with Gasteiger partial charge in [0.25, 0.3) is 0 Å². The summed E-state index contributed by atoms with van der Waals surface area (Å²) in [6.45, 7) is 2.19. The van der Waals surface area contributed by atoms with Crippen molar-refractivity contribution in [3.05, 3.63) is 81.4 Å². The Labute approximate surface area is 118 Å². The maximum absolute atomic E-state index is 4.64. The van der Waals surface area contributed by atoms with E-state index in [4.69, 9.17) is 0 Å². The zero-order valence-corrected chi connectivity index (χ0v) is 11.4. The van der Waals surface area contributed by atoms with Gasteiger partial charge in [0.15, 0.2) is 0 Å². The van der Waals surface area contributed by atoms with Crippen LogP contribution in [0.4, 0.5) is 0 Å². The Morgan fingerprint density at radius 2 is 1.90 bits per heavy atom. The Hall–Kier alpha value is -2.41. The summed E-state index contributed by atoms with van der Waals surface area (Å²) in [5, 5.41) is 2.53. The molecule has 1 heteroatoms. The average molecular weight is 257 g/mol. The molecule has 1 heterocycles. The molecule has 4 rings (SSSR count). The predicted molar refractivity (Wildman–Crippen MR) is 84.1 cm³/mol. The van der Waals surface area contributed by atoms with E-state index in [1.807, 2.05) is 6.21 Å². The Morgan fingerprint density at radius 3 is 2.85 bits per heavy atom. The van der Waals surface area contributed by atoms with Gasteiger partial charge >= 0.3 is 0 Å². The maximum atomic E-state index is 4.64. The van der Waals surface area contributed by atoms with Gasteiger partial charge in [0, 0.05) is 11.8 Å². The molecule has 0 spiro atoms. The summed E-state index contributed by atoms with van der Waals surface area (Å²) in [6.07, 6.45) is 7.22. The highest BCUT2D eigenvalue weighted by atomic mass is 14.7. The number of nitrogens with zero attached hydrogens (tertiary/aromatic N) is 1. The van der Waals surface area contributed by atoms with Gasteiger partial charge in [-0.2, -0.15) is 0 Å².